The van der Waals surface area contributed by atoms with Crippen molar-refractivity contribution in [2.24, 2.45) is 5.92 Å². The molecule has 11 nitrogen and oxygen atoms in total. The summed E-state index contributed by atoms with van der Waals surface area (Å²) in [6.07, 6.45) is -8.06. The van der Waals surface area contributed by atoms with Crippen molar-refractivity contribution in [1.29, 1.82) is 0 Å². The Kier molecular flexibility index (Phi) is 5.73. The van der Waals surface area contributed by atoms with Gasteiger partial charge in [0.15, 0.2) is 6.29 Å². The number of esters is 1. The standard InChI is InChI=1S/C17H26O11/c1-7(19)28-16(2)5-9(20)17(24)3-4-25-15(13(16)17)27-14-12(23)11(22)10(21)8(6-18)26-14/h3-4,8-15,18,20-24H,5-6H2,1-2H3/t8-,9+,10+,11+,12+,13+,14+,15-,16+,17-/m0/s1. The summed E-state index contributed by atoms with van der Waals surface area (Å²) in [7, 11) is 0. The molecule has 0 aromatic carbocycles. The van der Waals surface area contributed by atoms with E-state index < -0.39 is 72.8 Å². The van der Waals surface area contributed by atoms with Crippen molar-refractivity contribution in [3.05, 3.63) is 12.3 Å². The molecule has 0 unspecified atom stereocenters. The van der Waals surface area contributed by atoms with Gasteiger partial charge < -0.3 is 49.6 Å². The van der Waals surface area contributed by atoms with Gasteiger partial charge in [-0.25, -0.2) is 0 Å². The van der Waals surface area contributed by atoms with Gasteiger partial charge in [-0.1, -0.05) is 0 Å². The second-order valence-corrected chi connectivity index (χ2v) is 7.63. The van der Waals surface area contributed by atoms with Gasteiger partial charge in [0.05, 0.1) is 24.9 Å². The summed E-state index contributed by atoms with van der Waals surface area (Å²) >= 11 is 0. The van der Waals surface area contributed by atoms with E-state index >= 15 is 0 Å². The lowest BCUT2D eigenvalue weighted by atomic mass is 9.81. The van der Waals surface area contributed by atoms with Crippen LogP contribution in [0.3, 0.4) is 0 Å². The number of fused-ring (bicyclic) bond motifs is 1. The van der Waals surface area contributed by atoms with Crippen molar-refractivity contribution >= 4 is 5.97 Å². The molecule has 1 saturated heterocycles. The summed E-state index contributed by atoms with van der Waals surface area (Å²) in [5.74, 6) is -1.74. The molecule has 0 radical (unpaired) electrons. The molecule has 2 aliphatic heterocycles. The molecule has 2 heterocycles. The number of hydrogen-bond donors (Lipinski definition) is 6. The molecular weight excluding hydrogens is 380 g/mol. The van der Waals surface area contributed by atoms with E-state index in [9.17, 15) is 35.4 Å². The number of carbonyl (C=O) groups is 1. The fourth-order valence-electron chi connectivity index (χ4n) is 4.25. The Morgan fingerprint density at radius 1 is 1.18 bits per heavy atom. The molecule has 0 aromatic rings. The zero-order valence-electron chi connectivity index (χ0n) is 15.4. The van der Waals surface area contributed by atoms with E-state index in [1.54, 1.807) is 0 Å². The minimum absolute atomic E-state index is 0.101. The molecule has 28 heavy (non-hydrogen) atoms. The number of aliphatic hydroxyl groups excluding tert-OH is 5. The van der Waals surface area contributed by atoms with Gasteiger partial charge in [0.1, 0.15) is 35.6 Å². The minimum atomic E-state index is -1.85. The smallest absolute Gasteiger partial charge is 0.303 e. The summed E-state index contributed by atoms with van der Waals surface area (Å²) < 4.78 is 21.7. The molecule has 3 rings (SSSR count). The van der Waals surface area contributed by atoms with E-state index in [1.165, 1.54) is 19.9 Å². The van der Waals surface area contributed by atoms with E-state index in [2.05, 4.69) is 0 Å². The van der Waals surface area contributed by atoms with Crippen molar-refractivity contribution in [3.63, 3.8) is 0 Å². The number of aliphatic hydroxyl groups is 6. The normalized spacial score (nSPS) is 50.7. The van der Waals surface area contributed by atoms with Crippen LogP contribution in [-0.2, 0) is 23.7 Å². The first-order valence-electron chi connectivity index (χ1n) is 8.92. The van der Waals surface area contributed by atoms with Crippen molar-refractivity contribution in [2.45, 2.75) is 74.6 Å². The highest BCUT2D eigenvalue weighted by molar-refractivity contribution is 5.66. The van der Waals surface area contributed by atoms with Crippen LogP contribution in [0.4, 0.5) is 0 Å². The van der Waals surface area contributed by atoms with Crippen LogP contribution in [0.1, 0.15) is 20.3 Å². The number of rotatable bonds is 4. The molecule has 10 atom stereocenters. The van der Waals surface area contributed by atoms with Crippen LogP contribution in [0.5, 0.6) is 0 Å². The van der Waals surface area contributed by atoms with Gasteiger partial charge in [-0.15, -0.1) is 0 Å². The summed E-state index contributed by atoms with van der Waals surface area (Å²) in [6, 6.07) is 0. The van der Waals surface area contributed by atoms with Crippen molar-refractivity contribution in [3.8, 4) is 0 Å². The minimum Gasteiger partial charge on any atom is -0.472 e. The Labute approximate surface area is 160 Å². The first-order chi connectivity index (χ1) is 13.0. The SMILES string of the molecule is CC(=O)O[C@]1(C)C[C@@H](O)[C@@]2(O)C=CO[C@@H](O[C@H]3O[C@@H](CO)[C@@H](O)[C@@H](O)[C@H]3O)[C@@H]21. The van der Waals surface area contributed by atoms with Crippen LogP contribution in [0.25, 0.3) is 0 Å². The molecule has 2 fully saturated rings. The molecule has 1 aliphatic carbocycles. The first kappa shape index (κ1) is 21.4. The molecule has 0 aromatic heterocycles. The maximum absolute atomic E-state index is 11.6. The van der Waals surface area contributed by atoms with E-state index in [4.69, 9.17) is 18.9 Å². The lowest BCUT2D eigenvalue weighted by Crippen LogP contribution is -2.62. The summed E-state index contributed by atoms with van der Waals surface area (Å²) in [5.41, 5.74) is -3.22. The molecule has 0 spiro atoms. The Balaban J connectivity index is 1.87. The maximum atomic E-state index is 11.6. The predicted molar refractivity (Wildman–Crippen MR) is 88.1 cm³/mol. The van der Waals surface area contributed by atoms with E-state index in [0.29, 0.717) is 0 Å². The third kappa shape index (κ3) is 3.42. The van der Waals surface area contributed by atoms with Crippen LogP contribution in [0.15, 0.2) is 12.3 Å². The second-order valence-electron chi connectivity index (χ2n) is 7.63. The first-order valence-corrected chi connectivity index (χ1v) is 8.92. The summed E-state index contributed by atoms with van der Waals surface area (Å²) in [5, 5.41) is 60.6. The van der Waals surface area contributed by atoms with Gasteiger partial charge >= 0.3 is 5.97 Å². The van der Waals surface area contributed by atoms with Crippen LogP contribution in [0.2, 0.25) is 0 Å². The molecule has 11 heteroatoms. The number of carbonyl (C=O) groups excluding carboxylic acids is 1. The molecule has 6 N–H and O–H groups in total. The molecule has 160 valence electrons. The lowest BCUT2D eigenvalue weighted by Gasteiger charge is -2.45. The predicted octanol–water partition coefficient (Wildman–Crippen LogP) is -2.89. The van der Waals surface area contributed by atoms with Crippen LogP contribution in [-0.4, -0.2) is 97.5 Å². The molecular formula is C17H26O11. The Hall–Kier alpha value is -1.31. The van der Waals surface area contributed by atoms with E-state index in [1.807, 2.05) is 0 Å². The Morgan fingerprint density at radius 3 is 2.46 bits per heavy atom. The second kappa shape index (κ2) is 7.50. The zero-order valence-corrected chi connectivity index (χ0v) is 15.4. The van der Waals surface area contributed by atoms with Crippen molar-refractivity contribution in [2.75, 3.05) is 6.61 Å². The van der Waals surface area contributed by atoms with Gasteiger partial charge in [0, 0.05) is 13.3 Å². The summed E-state index contributed by atoms with van der Waals surface area (Å²) in [4.78, 5) is 11.6. The third-order valence-electron chi connectivity index (χ3n) is 5.60. The van der Waals surface area contributed by atoms with Gasteiger partial charge in [-0.3, -0.25) is 4.79 Å². The van der Waals surface area contributed by atoms with Crippen LogP contribution >= 0.6 is 0 Å². The lowest BCUT2D eigenvalue weighted by molar-refractivity contribution is -0.351. The van der Waals surface area contributed by atoms with Crippen LogP contribution < -0.4 is 0 Å². The van der Waals surface area contributed by atoms with Crippen molar-refractivity contribution in [1.82, 2.24) is 0 Å². The topological polar surface area (TPSA) is 175 Å². The quantitative estimate of drug-likeness (QED) is 0.264. The zero-order chi connectivity index (χ0) is 20.9. The maximum Gasteiger partial charge on any atom is 0.303 e. The average Bonchev–Trinajstić information content (AvgIpc) is 2.81. The fourth-order valence-corrected chi connectivity index (χ4v) is 4.25. The Morgan fingerprint density at radius 2 is 1.86 bits per heavy atom. The van der Waals surface area contributed by atoms with Gasteiger partial charge in [-0.05, 0) is 13.0 Å². The third-order valence-corrected chi connectivity index (χ3v) is 5.60. The van der Waals surface area contributed by atoms with Crippen molar-refractivity contribution < 1.29 is 54.4 Å². The summed E-state index contributed by atoms with van der Waals surface area (Å²) in [6.45, 7) is 2.04. The largest absolute Gasteiger partial charge is 0.472 e. The molecule has 1 saturated carbocycles. The Bertz CT molecular complexity index is 624. The molecule has 0 bridgehead atoms. The highest BCUT2D eigenvalue weighted by Crippen LogP contribution is 2.51. The molecule has 0 amide bonds. The molecule has 3 aliphatic rings. The van der Waals surface area contributed by atoms with Gasteiger partial charge in [-0.2, -0.15) is 0 Å². The fraction of sp³-hybridized carbons (Fsp3) is 0.824. The van der Waals surface area contributed by atoms with Gasteiger partial charge in [0.2, 0.25) is 6.29 Å². The monoisotopic (exact) mass is 406 g/mol. The highest BCUT2D eigenvalue weighted by Gasteiger charge is 2.66. The highest BCUT2D eigenvalue weighted by atomic mass is 16.8. The van der Waals surface area contributed by atoms with E-state index in [0.717, 1.165) is 6.26 Å². The van der Waals surface area contributed by atoms with Crippen LogP contribution in [0, 0.1) is 5.92 Å². The van der Waals surface area contributed by atoms with E-state index in [-0.39, 0.29) is 6.42 Å². The number of ether oxygens (including phenoxy) is 4. The van der Waals surface area contributed by atoms with Gasteiger partial charge in [0.25, 0.3) is 0 Å². The average molecular weight is 406 g/mol. The number of hydrogen-bond acceptors (Lipinski definition) is 11.